The molecule has 1 aliphatic heterocycles. The molecule has 0 unspecified atom stereocenters. The van der Waals surface area contributed by atoms with Crippen molar-refractivity contribution >= 4 is 11.9 Å². The number of nitrogens with zero attached hydrogens (tertiary/aromatic N) is 1. The Balaban J connectivity index is 2.18. The number of hydrazine groups is 1. The van der Waals surface area contributed by atoms with Gasteiger partial charge in [0.05, 0.1) is 0 Å². The first-order chi connectivity index (χ1) is 2.89. The molecule has 1 fully saturated rings. The molecular formula is C2H5N2OS. The SMILES string of the molecule is [O]N1NCCS1. The maximum absolute atomic E-state index is 10.0. The summed E-state index contributed by atoms with van der Waals surface area (Å²) < 4.78 is 0.778. The first kappa shape index (κ1) is 4.39. The van der Waals surface area contributed by atoms with Crippen LogP contribution in [0.15, 0.2) is 0 Å². The lowest BCUT2D eigenvalue weighted by Crippen LogP contribution is -2.20. The minimum Gasteiger partial charge on any atom is -0.218 e. The average molecular weight is 105 g/mol. The zero-order valence-electron chi connectivity index (χ0n) is 3.18. The van der Waals surface area contributed by atoms with Crippen LogP contribution in [0.5, 0.6) is 0 Å². The van der Waals surface area contributed by atoms with Crippen LogP contribution in [0.25, 0.3) is 0 Å². The summed E-state index contributed by atoms with van der Waals surface area (Å²) in [7, 11) is 0. The molecule has 4 heteroatoms. The quantitative estimate of drug-likeness (QED) is 0.433. The van der Waals surface area contributed by atoms with Crippen LogP contribution in [0.1, 0.15) is 0 Å². The van der Waals surface area contributed by atoms with Gasteiger partial charge in [-0.1, -0.05) is 5.21 Å². The van der Waals surface area contributed by atoms with Gasteiger partial charge in [-0.2, -0.15) is 0 Å². The second kappa shape index (κ2) is 1.79. The Hall–Kier alpha value is 0.230. The summed E-state index contributed by atoms with van der Waals surface area (Å²) in [4.78, 5) is 0. The van der Waals surface area contributed by atoms with Gasteiger partial charge in [-0.3, -0.25) is 0 Å². The molecule has 1 saturated heterocycles. The molecule has 0 bridgehead atoms. The fraction of sp³-hybridized carbons (Fsp3) is 1.00. The van der Waals surface area contributed by atoms with Crippen LogP contribution in [-0.2, 0) is 5.21 Å². The van der Waals surface area contributed by atoms with Crippen LogP contribution < -0.4 is 5.43 Å². The van der Waals surface area contributed by atoms with Gasteiger partial charge in [0.1, 0.15) is 0 Å². The zero-order chi connectivity index (χ0) is 4.41. The minimum atomic E-state index is 0.778. The summed E-state index contributed by atoms with van der Waals surface area (Å²) in [6.07, 6.45) is 0. The highest BCUT2D eigenvalue weighted by Gasteiger charge is 2.07. The van der Waals surface area contributed by atoms with E-state index >= 15 is 0 Å². The van der Waals surface area contributed by atoms with Crippen LogP contribution in [0.2, 0.25) is 0 Å². The highest BCUT2D eigenvalue weighted by molar-refractivity contribution is 7.97. The molecule has 0 spiro atoms. The second-order valence-corrected chi connectivity index (χ2v) is 2.00. The van der Waals surface area contributed by atoms with Crippen LogP contribution in [0, 0.1) is 0 Å². The number of hydrogen-bond acceptors (Lipinski definition) is 3. The lowest BCUT2D eigenvalue weighted by atomic mass is 10.8. The van der Waals surface area contributed by atoms with Crippen molar-refractivity contribution < 1.29 is 5.21 Å². The van der Waals surface area contributed by atoms with Crippen LogP contribution in [0.3, 0.4) is 0 Å². The molecule has 0 atom stereocenters. The molecule has 0 saturated carbocycles. The predicted octanol–water partition coefficient (Wildman–Crippen LogP) is -0.200. The Morgan fingerprint density at radius 2 is 2.67 bits per heavy atom. The maximum Gasteiger partial charge on any atom is 0.0259 e. The van der Waals surface area contributed by atoms with E-state index in [9.17, 15) is 5.21 Å². The minimum absolute atomic E-state index is 0.778. The molecule has 1 heterocycles. The highest BCUT2D eigenvalue weighted by Crippen LogP contribution is 2.06. The molecule has 35 valence electrons. The molecule has 0 aromatic carbocycles. The molecule has 1 aliphatic rings. The molecule has 6 heavy (non-hydrogen) atoms. The molecule has 1 rings (SSSR count). The van der Waals surface area contributed by atoms with Crippen LogP contribution in [-0.4, -0.2) is 16.9 Å². The molecule has 0 amide bonds. The third kappa shape index (κ3) is 0.844. The Morgan fingerprint density at radius 3 is 2.83 bits per heavy atom. The van der Waals surface area contributed by atoms with E-state index in [0.717, 1.165) is 16.9 Å². The molecule has 1 radical (unpaired) electrons. The fourth-order valence-corrected chi connectivity index (χ4v) is 0.842. The summed E-state index contributed by atoms with van der Waals surface area (Å²) in [5.41, 5.74) is 2.56. The lowest BCUT2D eigenvalue weighted by molar-refractivity contribution is -0.0940. The topological polar surface area (TPSA) is 35.2 Å². The van der Waals surface area contributed by atoms with E-state index in [0.29, 0.717) is 0 Å². The zero-order valence-corrected chi connectivity index (χ0v) is 3.99. The third-order valence-corrected chi connectivity index (χ3v) is 1.30. The van der Waals surface area contributed by atoms with E-state index in [4.69, 9.17) is 0 Å². The van der Waals surface area contributed by atoms with Crippen molar-refractivity contribution in [1.82, 2.24) is 10.0 Å². The Morgan fingerprint density at radius 1 is 1.83 bits per heavy atom. The Labute approximate surface area is 40.4 Å². The van der Waals surface area contributed by atoms with E-state index < -0.39 is 0 Å². The van der Waals surface area contributed by atoms with Gasteiger partial charge in [0.25, 0.3) is 0 Å². The molecule has 0 aliphatic carbocycles. The normalized spacial score (nSPS) is 25.5. The van der Waals surface area contributed by atoms with Gasteiger partial charge >= 0.3 is 0 Å². The van der Waals surface area contributed by atoms with E-state index in [1.165, 1.54) is 11.9 Å². The first-order valence-electron chi connectivity index (χ1n) is 1.73. The Bertz CT molecular complexity index is 44.8. The van der Waals surface area contributed by atoms with Gasteiger partial charge in [0.15, 0.2) is 0 Å². The third-order valence-electron chi connectivity index (χ3n) is 0.552. The second-order valence-electron chi connectivity index (χ2n) is 0.998. The Kier molecular flexibility index (Phi) is 1.31. The van der Waals surface area contributed by atoms with Crippen molar-refractivity contribution in [3.05, 3.63) is 0 Å². The van der Waals surface area contributed by atoms with Gasteiger partial charge in [-0.05, 0) is 16.5 Å². The number of hydrogen-bond donors (Lipinski definition) is 1. The molecule has 0 aromatic rings. The van der Waals surface area contributed by atoms with Gasteiger partial charge < -0.3 is 0 Å². The van der Waals surface area contributed by atoms with Gasteiger partial charge in [0.2, 0.25) is 0 Å². The molecule has 1 N–H and O–H groups in total. The summed E-state index contributed by atoms with van der Waals surface area (Å²) in [6, 6.07) is 0. The van der Waals surface area contributed by atoms with Gasteiger partial charge in [0, 0.05) is 12.3 Å². The van der Waals surface area contributed by atoms with E-state index in [1.807, 2.05) is 0 Å². The van der Waals surface area contributed by atoms with Crippen molar-refractivity contribution in [2.45, 2.75) is 0 Å². The number of nitrogens with one attached hydrogen (secondary N) is 1. The predicted molar refractivity (Wildman–Crippen MR) is 23.0 cm³/mol. The summed E-state index contributed by atoms with van der Waals surface area (Å²) >= 11 is 1.26. The van der Waals surface area contributed by atoms with Crippen molar-refractivity contribution in [2.24, 2.45) is 0 Å². The first-order valence-corrected chi connectivity index (χ1v) is 2.67. The van der Waals surface area contributed by atoms with Crippen LogP contribution >= 0.6 is 11.9 Å². The molecule has 0 aromatic heterocycles. The van der Waals surface area contributed by atoms with Gasteiger partial charge in [-0.15, -0.1) is 0 Å². The summed E-state index contributed by atoms with van der Waals surface area (Å²) in [5, 5.41) is 10.0. The van der Waals surface area contributed by atoms with E-state index in [2.05, 4.69) is 5.43 Å². The summed E-state index contributed by atoms with van der Waals surface area (Å²) in [6.45, 7) is 0.814. The number of rotatable bonds is 0. The maximum atomic E-state index is 10.0. The van der Waals surface area contributed by atoms with Crippen LogP contribution in [0.4, 0.5) is 0 Å². The lowest BCUT2D eigenvalue weighted by Gasteiger charge is -1.94. The van der Waals surface area contributed by atoms with E-state index in [1.54, 1.807) is 0 Å². The largest absolute Gasteiger partial charge is 0.218 e. The van der Waals surface area contributed by atoms with Crippen molar-refractivity contribution in [3.63, 3.8) is 0 Å². The monoisotopic (exact) mass is 105 g/mol. The molecule has 3 nitrogen and oxygen atoms in total. The fourth-order valence-electron chi connectivity index (χ4n) is 0.311. The summed E-state index contributed by atoms with van der Waals surface area (Å²) in [5.74, 6) is 0.906. The van der Waals surface area contributed by atoms with Gasteiger partial charge in [-0.25, -0.2) is 5.43 Å². The highest BCUT2D eigenvalue weighted by atomic mass is 32.2. The van der Waals surface area contributed by atoms with Crippen molar-refractivity contribution in [3.8, 4) is 0 Å². The standard InChI is InChI=1S/C2H5N2OS/c5-4-3-1-2-6-4/h3H,1-2H2. The van der Waals surface area contributed by atoms with E-state index in [-0.39, 0.29) is 0 Å². The van der Waals surface area contributed by atoms with Crippen molar-refractivity contribution in [2.75, 3.05) is 12.3 Å². The van der Waals surface area contributed by atoms with Crippen molar-refractivity contribution in [1.29, 1.82) is 0 Å². The average Bonchev–Trinajstić information content (AvgIpc) is 1.86. The molecular weight excluding hydrogens is 100 g/mol. The smallest absolute Gasteiger partial charge is 0.0259 e.